The van der Waals surface area contributed by atoms with Crippen LogP contribution in [0.3, 0.4) is 0 Å². The van der Waals surface area contributed by atoms with E-state index in [2.05, 4.69) is 16.5 Å². The molecule has 1 amide bonds. The Balaban J connectivity index is 1.41. The van der Waals surface area contributed by atoms with Crippen LogP contribution in [0.2, 0.25) is 0 Å². The second-order valence-electron chi connectivity index (χ2n) is 8.98. The van der Waals surface area contributed by atoms with E-state index in [1.165, 1.54) is 0 Å². The van der Waals surface area contributed by atoms with E-state index < -0.39 is 10.0 Å². The van der Waals surface area contributed by atoms with Crippen molar-refractivity contribution in [2.45, 2.75) is 38.0 Å². The van der Waals surface area contributed by atoms with Crippen molar-refractivity contribution in [2.75, 3.05) is 13.2 Å². The fourth-order valence-corrected chi connectivity index (χ4v) is 5.98. The highest BCUT2D eigenvalue weighted by Crippen LogP contribution is 2.30. The first-order valence-electron chi connectivity index (χ1n) is 11.5. The maximum atomic E-state index is 13.7. The standard InChI is InChI=1S/C26H27N3O4S/c1-17-11-12-18-6-4-9-21(22(18)14-17)26(30)29-13-3-2-8-20(29)15-33-23-10-5-7-19-16-34(31,32)28-25(27)24(19)23/h4-7,9-12,14,20H,2-3,8,13,15-16H2,1H3,(H2,27,28)/t20-/m1/s1. The first kappa shape index (κ1) is 22.4. The zero-order chi connectivity index (χ0) is 23.9. The number of fused-ring (bicyclic) bond motifs is 2. The van der Waals surface area contributed by atoms with E-state index in [4.69, 9.17) is 10.5 Å². The molecule has 5 rings (SSSR count). The van der Waals surface area contributed by atoms with Gasteiger partial charge in [-0.2, -0.15) is 0 Å². The number of likely N-dealkylation sites (tertiary alicyclic amines) is 1. The molecule has 0 saturated carbocycles. The van der Waals surface area contributed by atoms with Crippen LogP contribution in [0.25, 0.3) is 10.8 Å². The van der Waals surface area contributed by atoms with Gasteiger partial charge in [0.25, 0.3) is 15.9 Å². The first-order valence-corrected chi connectivity index (χ1v) is 13.1. The number of rotatable bonds is 4. The van der Waals surface area contributed by atoms with Crippen LogP contribution < -0.4 is 10.5 Å². The zero-order valence-electron chi connectivity index (χ0n) is 19.0. The smallest absolute Gasteiger partial charge is 0.259 e. The van der Waals surface area contributed by atoms with Gasteiger partial charge in [-0.05, 0) is 54.7 Å². The zero-order valence-corrected chi connectivity index (χ0v) is 19.8. The van der Waals surface area contributed by atoms with Crippen LogP contribution in [0.15, 0.2) is 59.0 Å². The van der Waals surface area contributed by atoms with Crippen molar-refractivity contribution in [3.63, 3.8) is 0 Å². The van der Waals surface area contributed by atoms with Crippen molar-refractivity contribution in [3.05, 3.63) is 76.9 Å². The second kappa shape index (κ2) is 8.76. The van der Waals surface area contributed by atoms with Gasteiger partial charge in [-0.3, -0.25) is 4.79 Å². The molecular formula is C26H27N3O4S. The SMILES string of the molecule is Cc1ccc2cccc(C(=O)N3CCCC[C@@H]3COc3cccc4c3C(N)=NS(=O)(=O)C4)c2c1. The van der Waals surface area contributed by atoms with Crippen molar-refractivity contribution in [2.24, 2.45) is 10.1 Å². The van der Waals surface area contributed by atoms with E-state index in [0.717, 1.165) is 35.6 Å². The number of aryl methyl sites for hydroxylation is 1. The van der Waals surface area contributed by atoms with Gasteiger partial charge in [-0.1, -0.05) is 48.0 Å². The van der Waals surface area contributed by atoms with E-state index in [1.54, 1.807) is 18.2 Å². The molecule has 176 valence electrons. The minimum absolute atomic E-state index is 0.00626. The highest BCUT2D eigenvalue weighted by Gasteiger charge is 2.30. The maximum Gasteiger partial charge on any atom is 0.259 e. The lowest BCUT2D eigenvalue weighted by Gasteiger charge is -2.36. The molecule has 1 atom stereocenters. The number of hydrogen-bond donors (Lipinski definition) is 1. The predicted octanol–water partition coefficient (Wildman–Crippen LogP) is 3.77. The Kier molecular flexibility index (Phi) is 5.77. The fourth-order valence-electron chi connectivity index (χ4n) is 4.89. The number of carbonyl (C=O) groups is 1. The molecule has 0 radical (unpaired) electrons. The van der Waals surface area contributed by atoms with Gasteiger partial charge >= 0.3 is 0 Å². The van der Waals surface area contributed by atoms with Crippen LogP contribution in [0.5, 0.6) is 5.75 Å². The molecule has 2 N–H and O–H groups in total. The fraction of sp³-hybridized carbons (Fsp3) is 0.308. The molecule has 0 aromatic heterocycles. The molecule has 1 saturated heterocycles. The number of nitrogens with two attached hydrogens (primary N) is 1. The number of benzene rings is 3. The quantitative estimate of drug-likeness (QED) is 0.616. The van der Waals surface area contributed by atoms with Crippen molar-refractivity contribution >= 4 is 32.5 Å². The van der Waals surface area contributed by atoms with Crippen LogP contribution in [0, 0.1) is 6.92 Å². The summed E-state index contributed by atoms with van der Waals surface area (Å²) in [5.41, 5.74) is 8.89. The summed E-state index contributed by atoms with van der Waals surface area (Å²) in [6, 6.07) is 17.1. The van der Waals surface area contributed by atoms with Crippen LogP contribution >= 0.6 is 0 Å². The Hall–Kier alpha value is -3.39. The second-order valence-corrected chi connectivity index (χ2v) is 10.6. The Labute approximate surface area is 199 Å². The van der Waals surface area contributed by atoms with Crippen molar-refractivity contribution in [1.82, 2.24) is 4.90 Å². The van der Waals surface area contributed by atoms with Crippen LogP contribution in [-0.4, -0.2) is 44.3 Å². The highest BCUT2D eigenvalue weighted by atomic mass is 32.2. The minimum atomic E-state index is -3.61. The summed E-state index contributed by atoms with van der Waals surface area (Å²) in [6.45, 7) is 2.99. The molecule has 7 nitrogen and oxygen atoms in total. The van der Waals surface area contributed by atoms with E-state index >= 15 is 0 Å². The van der Waals surface area contributed by atoms with Gasteiger partial charge in [-0.25, -0.2) is 8.42 Å². The molecular weight excluding hydrogens is 450 g/mol. The van der Waals surface area contributed by atoms with Gasteiger partial charge in [0.05, 0.1) is 17.4 Å². The van der Waals surface area contributed by atoms with Crippen molar-refractivity contribution < 1.29 is 17.9 Å². The lowest BCUT2D eigenvalue weighted by molar-refractivity contribution is 0.0530. The van der Waals surface area contributed by atoms with E-state index in [0.29, 0.717) is 35.6 Å². The topological polar surface area (TPSA) is 102 Å². The molecule has 0 spiro atoms. The number of ether oxygens (including phenoxy) is 1. The highest BCUT2D eigenvalue weighted by molar-refractivity contribution is 7.89. The lowest BCUT2D eigenvalue weighted by Crippen LogP contribution is -2.46. The number of nitrogens with zero attached hydrogens (tertiary/aromatic N) is 2. The van der Waals surface area contributed by atoms with Crippen molar-refractivity contribution in [3.8, 4) is 5.75 Å². The molecule has 2 heterocycles. The molecule has 2 aliphatic heterocycles. The van der Waals surface area contributed by atoms with Gasteiger partial charge in [0, 0.05) is 12.1 Å². The normalized spacial score (nSPS) is 19.4. The number of amides is 1. The molecule has 8 heteroatoms. The molecule has 0 aliphatic carbocycles. The van der Waals surface area contributed by atoms with E-state index in [9.17, 15) is 13.2 Å². The number of amidine groups is 1. The monoisotopic (exact) mass is 477 g/mol. The summed E-state index contributed by atoms with van der Waals surface area (Å²) in [5.74, 6) is 0.244. The van der Waals surface area contributed by atoms with Gasteiger partial charge in [-0.15, -0.1) is 4.40 Å². The number of carbonyl (C=O) groups excluding carboxylic acids is 1. The molecule has 0 bridgehead atoms. The van der Waals surface area contributed by atoms with Crippen LogP contribution in [0.1, 0.15) is 46.3 Å². The number of piperidine rings is 1. The number of sulfonamides is 1. The maximum absolute atomic E-state index is 13.7. The summed E-state index contributed by atoms with van der Waals surface area (Å²) in [6.07, 6.45) is 2.80. The predicted molar refractivity (Wildman–Crippen MR) is 133 cm³/mol. The van der Waals surface area contributed by atoms with Crippen LogP contribution in [-0.2, 0) is 15.8 Å². The summed E-state index contributed by atoms with van der Waals surface area (Å²) in [7, 11) is -3.61. The van der Waals surface area contributed by atoms with E-state index in [-0.39, 0.29) is 23.5 Å². The Morgan fingerprint density at radius 3 is 2.82 bits per heavy atom. The lowest BCUT2D eigenvalue weighted by atomic mass is 9.98. The van der Waals surface area contributed by atoms with Gasteiger partial charge in [0.15, 0.2) is 0 Å². The average molecular weight is 478 g/mol. The minimum Gasteiger partial charge on any atom is -0.491 e. The third kappa shape index (κ3) is 4.25. The van der Waals surface area contributed by atoms with Crippen molar-refractivity contribution in [1.29, 1.82) is 0 Å². The van der Waals surface area contributed by atoms with Gasteiger partial charge in [0.2, 0.25) is 0 Å². The third-order valence-electron chi connectivity index (χ3n) is 6.53. The first-order chi connectivity index (χ1) is 16.3. The molecule has 2 aliphatic rings. The summed E-state index contributed by atoms with van der Waals surface area (Å²) in [5, 5.41) is 2.00. The largest absolute Gasteiger partial charge is 0.491 e. The Bertz CT molecular complexity index is 1410. The van der Waals surface area contributed by atoms with Crippen LogP contribution in [0.4, 0.5) is 0 Å². The van der Waals surface area contributed by atoms with Gasteiger partial charge in [0.1, 0.15) is 18.2 Å². The molecule has 1 fully saturated rings. The third-order valence-corrected chi connectivity index (χ3v) is 7.68. The molecule has 3 aromatic carbocycles. The summed E-state index contributed by atoms with van der Waals surface area (Å²) in [4.78, 5) is 15.6. The summed E-state index contributed by atoms with van der Waals surface area (Å²) >= 11 is 0. The molecule has 0 unspecified atom stereocenters. The molecule has 34 heavy (non-hydrogen) atoms. The average Bonchev–Trinajstić information content (AvgIpc) is 2.81. The van der Waals surface area contributed by atoms with Gasteiger partial charge < -0.3 is 15.4 Å². The number of hydrogen-bond acceptors (Lipinski definition) is 5. The Morgan fingerprint density at radius 2 is 1.97 bits per heavy atom. The molecule has 3 aromatic rings. The summed E-state index contributed by atoms with van der Waals surface area (Å²) < 4.78 is 33.7. The Morgan fingerprint density at radius 1 is 1.15 bits per heavy atom. The van der Waals surface area contributed by atoms with E-state index in [1.807, 2.05) is 36.1 Å².